The molecule has 3 rings (SSSR count). The first kappa shape index (κ1) is 20.2. The lowest BCUT2D eigenvalue weighted by Crippen LogP contribution is -2.47. The number of carbonyl (C=O) groups is 3. The minimum Gasteiger partial charge on any atom is -0.494 e. The number of nitrogens with one attached hydrogen (secondary N) is 1. The van der Waals surface area contributed by atoms with E-state index < -0.39 is 11.9 Å². The lowest BCUT2D eigenvalue weighted by Gasteiger charge is -2.24. The lowest BCUT2D eigenvalue weighted by atomic mass is 9.84. The van der Waals surface area contributed by atoms with E-state index in [2.05, 4.69) is 5.32 Å². The summed E-state index contributed by atoms with van der Waals surface area (Å²) in [6.07, 6.45) is 5.83. The van der Waals surface area contributed by atoms with Gasteiger partial charge < -0.3 is 20.7 Å². The van der Waals surface area contributed by atoms with Crippen LogP contribution in [0.25, 0.3) is 0 Å². The van der Waals surface area contributed by atoms with Crippen molar-refractivity contribution >= 4 is 17.7 Å². The molecule has 28 heavy (non-hydrogen) atoms. The molecule has 0 aromatic heterocycles. The summed E-state index contributed by atoms with van der Waals surface area (Å²) in [5.41, 5.74) is 5.56. The monoisotopic (exact) mass is 387 g/mol. The highest BCUT2D eigenvalue weighted by atomic mass is 16.5. The number of carbonyl (C=O) groups excluding carboxylic acids is 3. The number of rotatable bonds is 8. The molecule has 1 heterocycles. The van der Waals surface area contributed by atoms with Gasteiger partial charge in [0.1, 0.15) is 11.8 Å². The third-order valence-electron chi connectivity index (χ3n) is 5.82. The molecular weight excluding hydrogens is 358 g/mol. The molecule has 1 aliphatic heterocycles. The number of likely N-dealkylation sites (tertiary alicyclic amines) is 1. The van der Waals surface area contributed by atoms with E-state index in [4.69, 9.17) is 10.5 Å². The van der Waals surface area contributed by atoms with Crippen molar-refractivity contribution in [2.24, 2.45) is 11.1 Å². The Balaban J connectivity index is 1.40. The molecule has 1 aromatic rings. The minimum atomic E-state index is -0.554. The van der Waals surface area contributed by atoms with Crippen LogP contribution in [0.15, 0.2) is 30.3 Å². The molecule has 0 bridgehead atoms. The fourth-order valence-corrected chi connectivity index (χ4v) is 4.36. The number of amides is 3. The Morgan fingerprint density at radius 2 is 1.89 bits per heavy atom. The van der Waals surface area contributed by atoms with E-state index in [1.165, 1.54) is 0 Å². The largest absolute Gasteiger partial charge is 0.494 e. The molecule has 3 N–H and O–H groups in total. The maximum Gasteiger partial charge on any atom is 0.242 e. The second-order valence-electron chi connectivity index (χ2n) is 7.89. The van der Waals surface area contributed by atoms with Gasteiger partial charge in [-0.05, 0) is 43.2 Å². The van der Waals surface area contributed by atoms with Crippen LogP contribution in [0.5, 0.6) is 5.75 Å². The Morgan fingerprint density at radius 3 is 2.57 bits per heavy atom. The molecule has 2 fully saturated rings. The summed E-state index contributed by atoms with van der Waals surface area (Å²) in [6, 6.07) is 8.86. The predicted octanol–water partition coefficient (Wildman–Crippen LogP) is 1.61. The Bertz CT molecular complexity index is 701. The molecule has 7 nitrogen and oxygen atoms in total. The number of hydrogen-bond acceptors (Lipinski definition) is 4. The maximum atomic E-state index is 12.6. The zero-order valence-corrected chi connectivity index (χ0v) is 16.2. The van der Waals surface area contributed by atoms with Crippen LogP contribution >= 0.6 is 0 Å². The Kier molecular flexibility index (Phi) is 6.54. The van der Waals surface area contributed by atoms with Crippen molar-refractivity contribution in [2.45, 2.75) is 51.0 Å². The number of ether oxygens (including phenoxy) is 1. The van der Waals surface area contributed by atoms with Crippen molar-refractivity contribution in [3.8, 4) is 5.75 Å². The number of nitrogens with two attached hydrogens (primary N) is 1. The van der Waals surface area contributed by atoms with Gasteiger partial charge in [0.05, 0.1) is 13.2 Å². The van der Waals surface area contributed by atoms with Crippen LogP contribution in [0.3, 0.4) is 0 Å². The molecule has 1 spiro atoms. The highest BCUT2D eigenvalue weighted by Crippen LogP contribution is 2.47. The Labute approximate surface area is 165 Å². The number of hydrogen-bond donors (Lipinski definition) is 2. The molecule has 1 atom stereocenters. The summed E-state index contributed by atoms with van der Waals surface area (Å²) < 4.78 is 5.55. The van der Waals surface area contributed by atoms with Crippen molar-refractivity contribution in [1.29, 1.82) is 0 Å². The van der Waals surface area contributed by atoms with Gasteiger partial charge in [0.2, 0.25) is 17.7 Å². The van der Waals surface area contributed by atoms with Gasteiger partial charge in [-0.3, -0.25) is 14.4 Å². The summed E-state index contributed by atoms with van der Waals surface area (Å²) in [6.45, 7) is 0.905. The highest BCUT2D eigenvalue weighted by molar-refractivity contribution is 5.90. The second kappa shape index (κ2) is 9.08. The number of benzene rings is 1. The van der Waals surface area contributed by atoms with Crippen LogP contribution < -0.4 is 15.8 Å². The van der Waals surface area contributed by atoms with Crippen LogP contribution in [0.2, 0.25) is 0 Å². The van der Waals surface area contributed by atoms with Gasteiger partial charge in [-0.2, -0.15) is 0 Å². The summed E-state index contributed by atoms with van der Waals surface area (Å²) >= 11 is 0. The summed E-state index contributed by atoms with van der Waals surface area (Å²) in [5, 5.41) is 2.66. The first-order chi connectivity index (χ1) is 13.5. The Hall–Kier alpha value is -2.57. The van der Waals surface area contributed by atoms with Gasteiger partial charge in [-0.1, -0.05) is 31.0 Å². The fourth-order valence-electron chi connectivity index (χ4n) is 4.36. The molecule has 1 aliphatic carbocycles. The van der Waals surface area contributed by atoms with E-state index >= 15 is 0 Å². The van der Waals surface area contributed by atoms with E-state index in [0.717, 1.165) is 31.4 Å². The average molecular weight is 387 g/mol. The number of para-hydroxylation sites is 1. The van der Waals surface area contributed by atoms with E-state index in [0.29, 0.717) is 26.0 Å². The predicted molar refractivity (Wildman–Crippen MR) is 104 cm³/mol. The molecular formula is C21H29N3O4. The highest BCUT2D eigenvalue weighted by Gasteiger charge is 2.48. The quantitative estimate of drug-likeness (QED) is 0.662. The van der Waals surface area contributed by atoms with E-state index in [1.54, 1.807) is 4.90 Å². The van der Waals surface area contributed by atoms with Gasteiger partial charge in [-0.25, -0.2) is 0 Å². The summed E-state index contributed by atoms with van der Waals surface area (Å²) in [4.78, 5) is 38.0. The van der Waals surface area contributed by atoms with Crippen molar-refractivity contribution < 1.29 is 19.1 Å². The van der Waals surface area contributed by atoms with Crippen LogP contribution in [0, 0.1) is 5.41 Å². The normalized spacial score (nSPS) is 20.3. The molecule has 0 radical (unpaired) electrons. The van der Waals surface area contributed by atoms with E-state index in [-0.39, 0.29) is 30.2 Å². The summed E-state index contributed by atoms with van der Waals surface area (Å²) in [7, 11) is 0. The van der Waals surface area contributed by atoms with Gasteiger partial charge >= 0.3 is 0 Å². The van der Waals surface area contributed by atoms with E-state index in [9.17, 15) is 14.4 Å². The van der Waals surface area contributed by atoms with Crippen molar-refractivity contribution in [3.63, 3.8) is 0 Å². The smallest absolute Gasteiger partial charge is 0.242 e. The lowest BCUT2D eigenvalue weighted by molar-refractivity contribution is -0.137. The third kappa shape index (κ3) is 5.03. The molecule has 7 heteroatoms. The standard InChI is InChI=1S/C21H29N3O4/c22-20(27)17-13-21(10-4-5-11-21)15-24(17)19(26)14-23-18(25)9-6-12-28-16-7-2-1-3-8-16/h1-3,7-8,17H,4-6,9-15H2,(H2,22,27)(H,23,25). The number of nitrogens with zero attached hydrogens (tertiary/aromatic N) is 1. The average Bonchev–Trinajstić information content (AvgIpc) is 3.31. The molecule has 1 aromatic carbocycles. The van der Waals surface area contributed by atoms with Gasteiger partial charge in [0, 0.05) is 13.0 Å². The molecule has 1 saturated heterocycles. The van der Waals surface area contributed by atoms with Crippen molar-refractivity contribution in [3.05, 3.63) is 30.3 Å². The molecule has 2 aliphatic rings. The van der Waals surface area contributed by atoms with Gasteiger partial charge in [0.15, 0.2) is 0 Å². The van der Waals surface area contributed by atoms with Crippen LogP contribution in [0.4, 0.5) is 0 Å². The first-order valence-electron chi connectivity index (χ1n) is 10.0. The second-order valence-corrected chi connectivity index (χ2v) is 7.89. The Morgan fingerprint density at radius 1 is 1.18 bits per heavy atom. The van der Waals surface area contributed by atoms with Crippen LogP contribution in [-0.2, 0) is 14.4 Å². The SMILES string of the molecule is NC(=O)C1CC2(CCCC2)CN1C(=O)CNC(=O)CCCOc1ccccc1. The van der Waals surface area contributed by atoms with Crippen LogP contribution in [-0.4, -0.2) is 48.4 Å². The van der Waals surface area contributed by atoms with E-state index in [1.807, 2.05) is 30.3 Å². The maximum absolute atomic E-state index is 12.6. The first-order valence-corrected chi connectivity index (χ1v) is 10.0. The summed E-state index contributed by atoms with van der Waals surface area (Å²) in [5.74, 6) is -0.121. The zero-order chi connectivity index (χ0) is 20.0. The molecule has 3 amide bonds. The van der Waals surface area contributed by atoms with Crippen molar-refractivity contribution in [2.75, 3.05) is 19.7 Å². The molecule has 1 unspecified atom stereocenters. The topological polar surface area (TPSA) is 102 Å². The molecule has 152 valence electrons. The zero-order valence-electron chi connectivity index (χ0n) is 16.2. The third-order valence-corrected chi connectivity index (χ3v) is 5.82. The number of primary amides is 1. The van der Waals surface area contributed by atoms with Crippen LogP contribution in [0.1, 0.15) is 44.9 Å². The fraction of sp³-hybridized carbons (Fsp3) is 0.571. The van der Waals surface area contributed by atoms with Gasteiger partial charge in [-0.15, -0.1) is 0 Å². The minimum absolute atomic E-state index is 0.0359. The van der Waals surface area contributed by atoms with Crippen molar-refractivity contribution in [1.82, 2.24) is 10.2 Å². The van der Waals surface area contributed by atoms with Gasteiger partial charge in [0.25, 0.3) is 0 Å². The molecule has 1 saturated carbocycles.